The molecular formula is C28H27N3O5. The van der Waals surface area contributed by atoms with Crippen LogP contribution in [-0.4, -0.2) is 61.2 Å². The summed E-state index contributed by atoms with van der Waals surface area (Å²) in [5, 5.41) is 0. The lowest BCUT2D eigenvalue weighted by molar-refractivity contribution is -0.133. The van der Waals surface area contributed by atoms with Crippen molar-refractivity contribution in [2.24, 2.45) is 0 Å². The molecule has 4 rings (SSSR count). The standard InChI is InChI=1S/C28H27N3O5/c1-29(2)22-14-10-19(11-15-22)16-30(3)25(32)18-36-28(35)21-12-8-20(9-13-21)17-31-26(33)23-6-4-5-7-24(23)27(31)34/h4-15H,16-18H2,1-3H3. The van der Waals surface area contributed by atoms with E-state index in [9.17, 15) is 19.2 Å². The number of carbonyl (C=O) groups is 4. The molecule has 1 aliphatic heterocycles. The second-order valence-electron chi connectivity index (χ2n) is 8.83. The van der Waals surface area contributed by atoms with Gasteiger partial charge in [-0.1, -0.05) is 36.4 Å². The average molecular weight is 486 g/mol. The van der Waals surface area contributed by atoms with E-state index in [1.807, 2.05) is 43.3 Å². The molecule has 0 fully saturated rings. The molecule has 184 valence electrons. The third-order valence-electron chi connectivity index (χ3n) is 6.03. The normalized spacial score (nSPS) is 12.4. The molecule has 8 heteroatoms. The van der Waals surface area contributed by atoms with Crippen molar-refractivity contribution in [3.63, 3.8) is 0 Å². The van der Waals surface area contributed by atoms with Gasteiger partial charge in [-0.15, -0.1) is 0 Å². The minimum atomic E-state index is -0.626. The largest absolute Gasteiger partial charge is 0.452 e. The van der Waals surface area contributed by atoms with Crippen molar-refractivity contribution in [1.29, 1.82) is 0 Å². The van der Waals surface area contributed by atoms with Crippen LogP contribution in [0, 0.1) is 0 Å². The van der Waals surface area contributed by atoms with E-state index in [1.54, 1.807) is 55.6 Å². The van der Waals surface area contributed by atoms with E-state index in [4.69, 9.17) is 4.74 Å². The average Bonchev–Trinajstić information content (AvgIpc) is 3.12. The van der Waals surface area contributed by atoms with Gasteiger partial charge in [-0.2, -0.15) is 0 Å². The predicted molar refractivity (Wildman–Crippen MR) is 135 cm³/mol. The number of amides is 3. The van der Waals surface area contributed by atoms with Crippen LogP contribution in [0.1, 0.15) is 42.2 Å². The fourth-order valence-corrected chi connectivity index (χ4v) is 3.89. The Kier molecular flexibility index (Phi) is 7.15. The first kappa shape index (κ1) is 24.7. The van der Waals surface area contributed by atoms with Crippen LogP contribution in [0.5, 0.6) is 0 Å². The summed E-state index contributed by atoms with van der Waals surface area (Å²) in [5.41, 5.74) is 3.78. The van der Waals surface area contributed by atoms with Gasteiger partial charge in [0.2, 0.25) is 0 Å². The van der Waals surface area contributed by atoms with E-state index < -0.39 is 5.97 Å². The molecule has 0 saturated heterocycles. The predicted octanol–water partition coefficient (Wildman–Crippen LogP) is 3.36. The molecule has 0 unspecified atom stereocenters. The lowest BCUT2D eigenvalue weighted by Gasteiger charge is -2.18. The van der Waals surface area contributed by atoms with Crippen LogP contribution in [-0.2, 0) is 22.6 Å². The van der Waals surface area contributed by atoms with Gasteiger partial charge in [-0.3, -0.25) is 19.3 Å². The second kappa shape index (κ2) is 10.4. The molecule has 0 N–H and O–H groups in total. The Morgan fingerprint density at radius 3 is 1.89 bits per heavy atom. The highest BCUT2D eigenvalue weighted by molar-refractivity contribution is 6.21. The molecule has 3 amide bonds. The maximum absolute atomic E-state index is 12.5. The van der Waals surface area contributed by atoms with E-state index in [0.717, 1.165) is 11.3 Å². The first-order chi connectivity index (χ1) is 17.2. The third kappa shape index (κ3) is 5.27. The Bertz CT molecular complexity index is 1260. The summed E-state index contributed by atoms with van der Waals surface area (Å²) in [6.45, 7) is 0.124. The molecule has 0 bridgehead atoms. The number of esters is 1. The molecule has 1 heterocycles. The zero-order chi connectivity index (χ0) is 25.8. The fourth-order valence-electron chi connectivity index (χ4n) is 3.89. The van der Waals surface area contributed by atoms with E-state index in [2.05, 4.69) is 0 Å². The summed E-state index contributed by atoms with van der Waals surface area (Å²) in [4.78, 5) is 54.6. The number of ether oxygens (including phenoxy) is 1. The topological polar surface area (TPSA) is 87.2 Å². The van der Waals surface area contributed by atoms with Gasteiger partial charge in [0, 0.05) is 33.4 Å². The molecule has 0 aliphatic carbocycles. The minimum Gasteiger partial charge on any atom is -0.452 e. The smallest absolute Gasteiger partial charge is 0.338 e. The zero-order valence-corrected chi connectivity index (χ0v) is 20.4. The van der Waals surface area contributed by atoms with Crippen LogP contribution < -0.4 is 4.90 Å². The number of hydrogen-bond donors (Lipinski definition) is 0. The number of likely N-dealkylation sites (N-methyl/N-ethyl adjacent to an activating group) is 1. The van der Waals surface area contributed by atoms with Crippen LogP contribution in [0.3, 0.4) is 0 Å². The van der Waals surface area contributed by atoms with E-state index in [-0.39, 0.29) is 36.4 Å². The summed E-state index contributed by atoms with van der Waals surface area (Å²) in [7, 11) is 5.58. The molecule has 3 aromatic carbocycles. The number of nitrogens with zero attached hydrogens (tertiary/aromatic N) is 3. The quantitative estimate of drug-likeness (QED) is 0.359. The second-order valence-corrected chi connectivity index (χ2v) is 8.83. The number of fused-ring (bicyclic) bond motifs is 1. The molecule has 0 spiro atoms. The molecule has 36 heavy (non-hydrogen) atoms. The molecule has 0 atom stereocenters. The highest BCUT2D eigenvalue weighted by atomic mass is 16.5. The summed E-state index contributed by atoms with van der Waals surface area (Å²) in [5.74, 6) is -1.62. The van der Waals surface area contributed by atoms with Crippen molar-refractivity contribution in [3.05, 3.63) is 101 Å². The maximum atomic E-state index is 12.5. The van der Waals surface area contributed by atoms with Gasteiger partial charge >= 0.3 is 5.97 Å². The SMILES string of the molecule is CN(Cc1ccc(N(C)C)cc1)C(=O)COC(=O)c1ccc(CN2C(=O)c3ccccc3C2=O)cc1. The molecule has 1 aliphatic rings. The van der Waals surface area contributed by atoms with Gasteiger partial charge in [0.15, 0.2) is 6.61 Å². The third-order valence-corrected chi connectivity index (χ3v) is 6.03. The van der Waals surface area contributed by atoms with Crippen LogP contribution in [0.25, 0.3) is 0 Å². The lowest BCUT2D eigenvalue weighted by atomic mass is 10.1. The Morgan fingerprint density at radius 2 is 1.33 bits per heavy atom. The van der Waals surface area contributed by atoms with Gasteiger partial charge in [0.25, 0.3) is 17.7 Å². The number of anilines is 1. The summed E-state index contributed by atoms with van der Waals surface area (Å²) >= 11 is 0. The first-order valence-electron chi connectivity index (χ1n) is 11.5. The highest BCUT2D eigenvalue weighted by Gasteiger charge is 2.34. The first-order valence-corrected chi connectivity index (χ1v) is 11.5. The van der Waals surface area contributed by atoms with Gasteiger partial charge in [0.05, 0.1) is 23.2 Å². The number of rotatable bonds is 8. The Morgan fingerprint density at radius 1 is 0.778 bits per heavy atom. The number of hydrogen-bond acceptors (Lipinski definition) is 6. The number of benzene rings is 3. The van der Waals surface area contributed by atoms with Crippen molar-refractivity contribution in [3.8, 4) is 0 Å². The highest BCUT2D eigenvalue weighted by Crippen LogP contribution is 2.24. The van der Waals surface area contributed by atoms with Crippen LogP contribution in [0.15, 0.2) is 72.8 Å². The maximum Gasteiger partial charge on any atom is 0.338 e. The van der Waals surface area contributed by atoms with E-state index in [0.29, 0.717) is 23.2 Å². The number of carbonyl (C=O) groups excluding carboxylic acids is 4. The Labute approximate surface area is 209 Å². The van der Waals surface area contributed by atoms with E-state index >= 15 is 0 Å². The van der Waals surface area contributed by atoms with Gasteiger partial charge in [-0.25, -0.2) is 4.79 Å². The van der Waals surface area contributed by atoms with E-state index in [1.165, 1.54) is 9.80 Å². The van der Waals surface area contributed by atoms with Crippen LogP contribution in [0.4, 0.5) is 5.69 Å². The molecular weight excluding hydrogens is 458 g/mol. The number of imide groups is 1. The fraction of sp³-hybridized carbons (Fsp3) is 0.214. The molecule has 0 saturated carbocycles. The van der Waals surface area contributed by atoms with Crippen molar-refractivity contribution in [2.45, 2.75) is 13.1 Å². The minimum absolute atomic E-state index is 0.0977. The Balaban J connectivity index is 1.28. The summed E-state index contributed by atoms with van der Waals surface area (Å²) in [6.07, 6.45) is 0. The van der Waals surface area contributed by atoms with Crippen molar-refractivity contribution < 1.29 is 23.9 Å². The zero-order valence-electron chi connectivity index (χ0n) is 20.4. The summed E-state index contributed by atoms with van der Waals surface area (Å²) in [6, 6.07) is 21.0. The van der Waals surface area contributed by atoms with Gasteiger partial charge < -0.3 is 14.5 Å². The molecule has 0 aromatic heterocycles. The van der Waals surface area contributed by atoms with Crippen molar-refractivity contribution in [1.82, 2.24) is 9.80 Å². The van der Waals surface area contributed by atoms with Crippen LogP contribution >= 0.6 is 0 Å². The molecule has 0 radical (unpaired) electrons. The monoisotopic (exact) mass is 485 g/mol. The summed E-state index contributed by atoms with van der Waals surface area (Å²) < 4.78 is 5.19. The van der Waals surface area contributed by atoms with Gasteiger partial charge in [-0.05, 0) is 47.5 Å². The van der Waals surface area contributed by atoms with Crippen molar-refractivity contribution in [2.75, 3.05) is 32.6 Å². The van der Waals surface area contributed by atoms with Gasteiger partial charge in [0.1, 0.15) is 0 Å². The molecule has 3 aromatic rings. The Hall–Kier alpha value is -4.46. The molecule has 8 nitrogen and oxygen atoms in total. The van der Waals surface area contributed by atoms with Crippen LogP contribution in [0.2, 0.25) is 0 Å². The van der Waals surface area contributed by atoms with Crippen molar-refractivity contribution >= 4 is 29.4 Å². The lowest BCUT2D eigenvalue weighted by Crippen LogP contribution is -2.30.